The van der Waals surface area contributed by atoms with E-state index in [9.17, 15) is 4.79 Å². The Hall–Kier alpha value is -2.13. The van der Waals surface area contributed by atoms with Crippen molar-refractivity contribution in [3.8, 4) is 5.75 Å². The number of Topliss-reactive ketones (excluding diaryl/α,β-unsaturated/α-hetero) is 1. The quantitative estimate of drug-likeness (QED) is 0.940. The summed E-state index contributed by atoms with van der Waals surface area (Å²) in [5.74, 6) is 0.986. The van der Waals surface area contributed by atoms with Crippen LogP contribution in [0.2, 0.25) is 0 Å². The molecule has 3 nitrogen and oxygen atoms in total. The molecule has 1 aliphatic carbocycles. The molecule has 1 atom stereocenters. The molecule has 0 amide bonds. The second-order valence-corrected chi connectivity index (χ2v) is 6.02. The van der Waals surface area contributed by atoms with E-state index in [2.05, 4.69) is 17.4 Å². The number of rotatable bonds is 4. The zero-order valence-electron chi connectivity index (χ0n) is 13.1. The third kappa shape index (κ3) is 2.77. The molecular weight excluding hydrogens is 274 g/mol. The third-order valence-corrected chi connectivity index (χ3v) is 4.48. The first-order valence-electron chi connectivity index (χ1n) is 7.63. The summed E-state index contributed by atoms with van der Waals surface area (Å²) in [6.45, 7) is 2.71. The van der Waals surface area contributed by atoms with Crippen molar-refractivity contribution in [2.24, 2.45) is 0 Å². The molecule has 0 saturated carbocycles. The molecule has 0 radical (unpaired) electrons. The zero-order valence-corrected chi connectivity index (χ0v) is 13.1. The fourth-order valence-corrected chi connectivity index (χ4v) is 2.98. The van der Waals surface area contributed by atoms with Crippen molar-refractivity contribution in [2.75, 3.05) is 7.11 Å². The number of carbonyl (C=O) groups excluding carboxylic acids is 1. The highest BCUT2D eigenvalue weighted by atomic mass is 16.5. The van der Waals surface area contributed by atoms with Gasteiger partial charge in [-0.05, 0) is 49.1 Å². The van der Waals surface area contributed by atoms with Gasteiger partial charge < -0.3 is 10.1 Å². The minimum Gasteiger partial charge on any atom is -0.497 e. The average Bonchev–Trinajstić information content (AvgIpc) is 2.57. The van der Waals surface area contributed by atoms with Crippen LogP contribution in [0.3, 0.4) is 0 Å². The normalized spacial score (nSPS) is 20.5. The van der Waals surface area contributed by atoms with E-state index in [0.29, 0.717) is 6.54 Å². The SMILES string of the molecule is COc1ccc2c(c1)CCC(C)(NCc1ccccc1)C2=O. The zero-order chi connectivity index (χ0) is 15.6. The molecule has 0 saturated heterocycles. The third-order valence-electron chi connectivity index (χ3n) is 4.48. The number of fused-ring (bicyclic) bond motifs is 1. The van der Waals surface area contributed by atoms with E-state index in [4.69, 9.17) is 4.74 Å². The Kier molecular flexibility index (Phi) is 3.99. The molecule has 0 bridgehead atoms. The van der Waals surface area contributed by atoms with Gasteiger partial charge in [0.15, 0.2) is 5.78 Å². The number of carbonyl (C=O) groups is 1. The van der Waals surface area contributed by atoms with Gasteiger partial charge in [-0.25, -0.2) is 0 Å². The van der Waals surface area contributed by atoms with Crippen molar-refractivity contribution >= 4 is 5.78 Å². The fourth-order valence-electron chi connectivity index (χ4n) is 2.98. The van der Waals surface area contributed by atoms with E-state index in [0.717, 1.165) is 29.7 Å². The maximum Gasteiger partial charge on any atom is 0.182 e. The summed E-state index contributed by atoms with van der Waals surface area (Å²) < 4.78 is 5.25. The molecule has 1 aliphatic rings. The minimum absolute atomic E-state index is 0.173. The highest BCUT2D eigenvalue weighted by molar-refractivity contribution is 6.05. The molecule has 0 spiro atoms. The molecule has 22 heavy (non-hydrogen) atoms. The highest BCUT2D eigenvalue weighted by Crippen LogP contribution is 2.31. The van der Waals surface area contributed by atoms with E-state index in [1.165, 1.54) is 5.56 Å². The van der Waals surface area contributed by atoms with E-state index in [1.807, 2.05) is 43.3 Å². The van der Waals surface area contributed by atoms with Gasteiger partial charge in [-0.2, -0.15) is 0 Å². The molecule has 114 valence electrons. The van der Waals surface area contributed by atoms with Gasteiger partial charge in [0.05, 0.1) is 12.6 Å². The van der Waals surface area contributed by atoms with Crippen molar-refractivity contribution in [3.63, 3.8) is 0 Å². The molecule has 2 aromatic carbocycles. The van der Waals surface area contributed by atoms with Gasteiger partial charge in [0.2, 0.25) is 0 Å². The minimum atomic E-state index is -0.503. The van der Waals surface area contributed by atoms with E-state index in [-0.39, 0.29) is 5.78 Å². The second kappa shape index (κ2) is 5.93. The lowest BCUT2D eigenvalue weighted by molar-refractivity contribution is 0.0840. The van der Waals surface area contributed by atoms with Crippen LogP contribution in [-0.4, -0.2) is 18.4 Å². The van der Waals surface area contributed by atoms with E-state index in [1.54, 1.807) is 7.11 Å². The Morgan fingerprint density at radius 1 is 1.18 bits per heavy atom. The summed E-state index contributed by atoms with van der Waals surface area (Å²) in [4.78, 5) is 12.9. The second-order valence-electron chi connectivity index (χ2n) is 6.02. The van der Waals surface area contributed by atoms with Crippen molar-refractivity contribution in [2.45, 2.75) is 31.8 Å². The topological polar surface area (TPSA) is 38.3 Å². The van der Waals surface area contributed by atoms with Crippen LogP contribution in [0.5, 0.6) is 5.75 Å². The van der Waals surface area contributed by atoms with Crippen LogP contribution in [0.1, 0.15) is 34.8 Å². The summed E-state index contributed by atoms with van der Waals surface area (Å²) in [5, 5.41) is 3.45. The molecule has 2 aromatic rings. The summed E-state index contributed by atoms with van der Waals surface area (Å²) >= 11 is 0. The summed E-state index contributed by atoms with van der Waals surface area (Å²) in [5.41, 5.74) is 2.59. The van der Waals surface area contributed by atoms with Gasteiger partial charge in [0.25, 0.3) is 0 Å². The van der Waals surface area contributed by atoms with Crippen LogP contribution in [0.25, 0.3) is 0 Å². The number of methoxy groups -OCH3 is 1. The molecule has 3 heteroatoms. The van der Waals surface area contributed by atoms with Gasteiger partial charge in [0.1, 0.15) is 5.75 Å². The monoisotopic (exact) mass is 295 g/mol. The van der Waals surface area contributed by atoms with Crippen molar-refractivity contribution < 1.29 is 9.53 Å². The smallest absolute Gasteiger partial charge is 0.182 e. The average molecular weight is 295 g/mol. The Bertz CT molecular complexity index is 681. The fraction of sp³-hybridized carbons (Fsp3) is 0.316. The number of hydrogen-bond acceptors (Lipinski definition) is 3. The molecule has 0 aliphatic heterocycles. The predicted octanol–water partition coefficient (Wildman–Crippen LogP) is 3.37. The van der Waals surface area contributed by atoms with E-state index >= 15 is 0 Å². The summed E-state index contributed by atoms with van der Waals surface area (Å²) in [6, 6.07) is 15.9. The van der Waals surface area contributed by atoms with Crippen LogP contribution in [0.15, 0.2) is 48.5 Å². The summed E-state index contributed by atoms with van der Waals surface area (Å²) in [7, 11) is 1.65. The Balaban J connectivity index is 1.79. The Morgan fingerprint density at radius 3 is 2.68 bits per heavy atom. The van der Waals surface area contributed by atoms with E-state index < -0.39 is 5.54 Å². The van der Waals surface area contributed by atoms with Crippen LogP contribution in [0, 0.1) is 0 Å². The largest absolute Gasteiger partial charge is 0.497 e. The van der Waals surface area contributed by atoms with Crippen LogP contribution < -0.4 is 10.1 Å². The van der Waals surface area contributed by atoms with Crippen LogP contribution in [0.4, 0.5) is 0 Å². The van der Waals surface area contributed by atoms with Gasteiger partial charge in [-0.3, -0.25) is 4.79 Å². The lowest BCUT2D eigenvalue weighted by Crippen LogP contribution is -2.51. The maximum atomic E-state index is 12.9. The first-order valence-corrected chi connectivity index (χ1v) is 7.63. The number of benzene rings is 2. The Morgan fingerprint density at radius 2 is 1.95 bits per heavy atom. The van der Waals surface area contributed by atoms with Crippen LogP contribution in [-0.2, 0) is 13.0 Å². The molecule has 0 fully saturated rings. The lowest BCUT2D eigenvalue weighted by atomic mass is 9.78. The molecule has 0 heterocycles. The first-order chi connectivity index (χ1) is 10.6. The standard InChI is InChI=1S/C19H21NO2/c1-19(20-13-14-6-4-3-5-7-14)11-10-15-12-16(22-2)8-9-17(15)18(19)21/h3-9,12,20H,10-11,13H2,1-2H3. The van der Waals surface area contributed by atoms with Gasteiger partial charge in [-0.15, -0.1) is 0 Å². The van der Waals surface area contributed by atoms with Gasteiger partial charge in [0, 0.05) is 12.1 Å². The van der Waals surface area contributed by atoms with Gasteiger partial charge in [-0.1, -0.05) is 30.3 Å². The Labute approximate surface area is 131 Å². The van der Waals surface area contributed by atoms with Crippen molar-refractivity contribution in [1.82, 2.24) is 5.32 Å². The first kappa shape index (κ1) is 14.8. The maximum absolute atomic E-state index is 12.9. The van der Waals surface area contributed by atoms with Gasteiger partial charge >= 0.3 is 0 Å². The highest BCUT2D eigenvalue weighted by Gasteiger charge is 2.37. The molecular formula is C19H21NO2. The van der Waals surface area contributed by atoms with Crippen molar-refractivity contribution in [1.29, 1.82) is 0 Å². The predicted molar refractivity (Wildman–Crippen MR) is 87.3 cm³/mol. The number of ether oxygens (including phenoxy) is 1. The number of ketones is 1. The molecule has 1 unspecified atom stereocenters. The van der Waals surface area contributed by atoms with Crippen molar-refractivity contribution in [3.05, 3.63) is 65.2 Å². The molecule has 1 N–H and O–H groups in total. The summed E-state index contributed by atoms with van der Waals surface area (Å²) in [6.07, 6.45) is 1.69. The van der Waals surface area contributed by atoms with Crippen LogP contribution >= 0.6 is 0 Å². The lowest BCUT2D eigenvalue weighted by Gasteiger charge is -2.34. The molecule has 3 rings (SSSR count). The number of aryl methyl sites for hydroxylation is 1. The number of hydrogen-bond donors (Lipinski definition) is 1. The number of nitrogens with one attached hydrogen (secondary N) is 1. The molecule has 0 aromatic heterocycles.